The Morgan fingerprint density at radius 3 is 0.694 bits per heavy atom. The normalized spacial score (nSPS) is 13.9. The molecule has 0 aliphatic rings. The van der Waals surface area contributed by atoms with E-state index in [1.54, 1.807) is 0 Å². The highest BCUT2D eigenvalue weighted by atomic mass is 31.2. The number of phosphoric ester groups is 2. The predicted molar refractivity (Wildman–Crippen MR) is 400 cm³/mol. The van der Waals surface area contributed by atoms with Crippen LogP contribution in [0.3, 0.4) is 0 Å². The number of ether oxygens (including phenoxy) is 4. The lowest BCUT2D eigenvalue weighted by atomic mass is 10.0. The minimum absolute atomic E-state index is 0.106. The van der Waals surface area contributed by atoms with Crippen LogP contribution < -0.4 is 0 Å². The molecule has 19 heteroatoms. The van der Waals surface area contributed by atoms with Gasteiger partial charge in [-0.1, -0.05) is 363 Å². The Balaban J connectivity index is 5.26. The Hall–Kier alpha value is -1.94. The molecule has 2 unspecified atom stereocenters. The zero-order valence-electron chi connectivity index (χ0n) is 64.1. The van der Waals surface area contributed by atoms with E-state index in [1.807, 2.05) is 0 Å². The lowest BCUT2D eigenvalue weighted by Crippen LogP contribution is -2.30. The average molecular weight is 1440 g/mol. The van der Waals surface area contributed by atoms with Gasteiger partial charge >= 0.3 is 39.5 Å². The Labute approximate surface area is 600 Å². The van der Waals surface area contributed by atoms with Crippen molar-refractivity contribution in [2.45, 2.75) is 432 Å². The fourth-order valence-electron chi connectivity index (χ4n) is 12.2. The van der Waals surface area contributed by atoms with Crippen molar-refractivity contribution in [1.82, 2.24) is 0 Å². The van der Waals surface area contributed by atoms with Crippen LogP contribution in [-0.4, -0.2) is 96.7 Å². The van der Waals surface area contributed by atoms with Crippen LogP contribution in [0.1, 0.15) is 414 Å². The van der Waals surface area contributed by atoms with Crippen molar-refractivity contribution in [2.24, 2.45) is 11.8 Å². The highest BCUT2D eigenvalue weighted by molar-refractivity contribution is 7.47. The third-order valence-electron chi connectivity index (χ3n) is 18.5. The van der Waals surface area contributed by atoms with E-state index in [1.165, 1.54) is 231 Å². The second-order valence-corrected chi connectivity index (χ2v) is 32.3. The summed E-state index contributed by atoms with van der Waals surface area (Å²) < 4.78 is 68.7. The molecule has 0 aromatic carbocycles. The van der Waals surface area contributed by atoms with Gasteiger partial charge in [0.1, 0.15) is 19.3 Å². The van der Waals surface area contributed by atoms with Crippen LogP contribution >= 0.6 is 15.6 Å². The van der Waals surface area contributed by atoms with Crippen LogP contribution in [-0.2, 0) is 65.4 Å². The van der Waals surface area contributed by atoms with Crippen LogP contribution in [0.4, 0.5) is 0 Å². The van der Waals surface area contributed by atoms with E-state index < -0.39 is 97.5 Å². The molecule has 0 heterocycles. The van der Waals surface area contributed by atoms with Gasteiger partial charge in [0.2, 0.25) is 0 Å². The number of rotatable bonds is 78. The van der Waals surface area contributed by atoms with E-state index in [4.69, 9.17) is 37.0 Å². The lowest BCUT2D eigenvalue weighted by molar-refractivity contribution is -0.161. The first-order valence-corrected chi connectivity index (χ1v) is 44.0. The molecule has 0 aromatic heterocycles. The van der Waals surface area contributed by atoms with Crippen LogP contribution in [0, 0.1) is 11.8 Å². The van der Waals surface area contributed by atoms with Crippen molar-refractivity contribution in [2.75, 3.05) is 39.6 Å². The summed E-state index contributed by atoms with van der Waals surface area (Å²) in [4.78, 5) is 73.0. The van der Waals surface area contributed by atoms with E-state index >= 15 is 0 Å². The zero-order valence-corrected chi connectivity index (χ0v) is 65.9. The van der Waals surface area contributed by atoms with Gasteiger partial charge in [-0.3, -0.25) is 37.3 Å². The molecular weight excluding hydrogens is 1280 g/mol. The molecule has 3 N–H and O–H groups in total. The maximum atomic E-state index is 13.1. The van der Waals surface area contributed by atoms with Crippen LogP contribution in [0.5, 0.6) is 0 Å². The third kappa shape index (κ3) is 72.4. The first-order valence-electron chi connectivity index (χ1n) is 41.0. The monoisotopic (exact) mass is 1440 g/mol. The maximum Gasteiger partial charge on any atom is 0.472 e. The first-order chi connectivity index (χ1) is 47.4. The molecule has 0 spiro atoms. The Bertz CT molecular complexity index is 1890. The molecule has 0 bridgehead atoms. The van der Waals surface area contributed by atoms with Gasteiger partial charge in [0.15, 0.2) is 12.2 Å². The standard InChI is InChI=1S/C79H154O17P2/c1-7-9-11-13-15-17-19-21-23-25-27-29-31-38-45-51-57-63-78(83)95-74(67-89-76(81)61-55-49-43-37-30-28-26-24-22-20-18-16-14-12-10-8-2)69-93-97(85,86)91-65-73(80)66-92-98(87,88)94-70-75(68-90-77(82)62-56-50-44-40-34-36-42-48-54-60-72(5)6)96-79(84)64-58-52-46-39-33-32-35-41-47-53-59-71(3)4/h71-75,80H,7-70H2,1-6H3,(H,85,86)(H,87,88)/t73-,74-,75-/m1/s1. The fourth-order valence-corrected chi connectivity index (χ4v) is 13.8. The zero-order chi connectivity index (χ0) is 72.1. The van der Waals surface area contributed by atoms with E-state index in [0.29, 0.717) is 25.7 Å². The van der Waals surface area contributed by atoms with Gasteiger partial charge in [-0.25, -0.2) is 9.13 Å². The van der Waals surface area contributed by atoms with Crippen molar-refractivity contribution in [3.63, 3.8) is 0 Å². The molecule has 0 rings (SSSR count). The SMILES string of the molecule is CCCCCCCCCCCCCCCCCCCC(=O)O[C@H](COC(=O)CCCCCCCCCCCCCCCCCC)COP(=O)(O)OC[C@@H](O)COP(=O)(O)OC[C@@H](COC(=O)CCCCCCCCCCCC(C)C)OC(=O)CCCCCCCCCCCCC(C)C. The van der Waals surface area contributed by atoms with Crippen molar-refractivity contribution < 1.29 is 80.2 Å². The van der Waals surface area contributed by atoms with Crippen molar-refractivity contribution in [3.8, 4) is 0 Å². The second kappa shape index (κ2) is 70.7. The molecule has 0 saturated heterocycles. The maximum absolute atomic E-state index is 13.1. The molecule has 98 heavy (non-hydrogen) atoms. The predicted octanol–water partition coefficient (Wildman–Crippen LogP) is 23.5. The average Bonchev–Trinajstić information content (AvgIpc) is 1.14. The molecule has 0 aromatic rings. The van der Waals surface area contributed by atoms with Gasteiger partial charge < -0.3 is 33.8 Å². The van der Waals surface area contributed by atoms with Crippen molar-refractivity contribution in [3.05, 3.63) is 0 Å². The van der Waals surface area contributed by atoms with Gasteiger partial charge in [0.05, 0.1) is 26.4 Å². The molecule has 0 radical (unpaired) electrons. The number of phosphoric acid groups is 2. The van der Waals surface area contributed by atoms with Gasteiger partial charge in [0.25, 0.3) is 0 Å². The van der Waals surface area contributed by atoms with E-state index in [9.17, 15) is 43.2 Å². The summed E-state index contributed by atoms with van der Waals surface area (Å²) in [6, 6.07) is 0. The molecule has 0 amide bonds. The Kier molecular flexibility index (Phi) is 69.3. The first kappa shape index (κ1) is 96.1. The van der Waals surface area contributed by atoms with Crippen LogP contribution in [0.25, 0.3) is 0 Å². The van der Waals surface area contributed by atoms with Gasteiger partial charge in [0, 0.05) is 25.7 Å². The molecule has 5 atom stereocenters. The van der Waals surface area contributed by atoms with Crippen molar-refractivity contribution in [1.29, 1.82) is 0 Å². The highest BCUT2D eigenvalue weighted by Crippen LogP contribution is 2.45. The Morgan fingerprint density at radius 2 is 0.469 bits per heavy atom. The quantitative estimate of drug-likeness (QED) is 0.0222. The number of hydrogen-bond acceptors (Lipinski definition) is 15. The van der Waals surface area contributed by atoms with Gasteiger partial charge in [-0.2, -0.15) is 0 Å². The van der Waals surface area contributed by atoms with E-state index in [0.717, 1.165) is 102 Å². The summed E-state index contributed by atoms with van der Waals surface area (Å²) in [6.07, 6.45) is 59.6. The second-order valence-electron chi connectivity index (χ2n) is 29.4. The summed E-state index contributed by atoms with van der Waals surface area (Å²) in [7, 11) is -9.92. The van der Waals surface area contributed by atoms with Crippen molar-refractivity contribution >= 4 is 39.5 Å². The summed E-state index contributed by atoms with van der Waals surface area (Å²) in [5.41, 5.74) is 0. The number of carbonyl (C=O) groups is 4. The summed E-state index contributed by atoms with van der Waals surface area (Å²) in [5.74, 6) is -0.614. The van der Waals surface area contributed by atoms with Crippen LogP contribution in [0.2, 0.25) is 0 Å². The van der Waals surface area contributed by atoms with E-state index in [2.05, 4.69) is 41.5 Å². The summed E-state index contributed by atoms with van der Waals surface area (Å²) in [6.45, 7) is 9.60. The minimum atomic E-state index is -4.96. The highest BCUT2D eigenvalue weighted by Gasteiger charge is 2.30. The van der Waals surface area contributed by atoms with E-state index in [-0.39, 0.29) is 25.7 Å². The lowest BCUT2D eigenvalue weighted by Gasteiger charge is -2.21. The topological polar surface area (TPSA) is 237 Å². The summed E-state index contributed by atoms with van der Waals surface area (Å²) in [5, 5.41) is 10.6. The third-order valence-corrected chi connectivity index (χ3v) is 20.4. The number of aliphatic hydroxyl groups is 1. The molecular formula is C79H154O17P2. The van der Waals surface area contributed by atoms with Gasteiger partial charge in [-0.15, -0.1) is 0 Å². The molecule has 0 saturated carbocycles. The molecule has 582 valence electrons. The molecule has 0 aliphatic carbocycles. The summed E-state index contributed by atoms with van der Waals surface area (Å²) >= 11 is 0. The van der Waals surface area contributed by atoms with Crippen LogP contribution in [0.15, 0.2) is 0 Å². The molecule has 0 fully saturated rings. The number of esters is 4. The number of carbonyl (C=O) groups excluding carboxylic acids is 4. The minimum Gasteiger partial charge on any atom is -0.462 e. The largest absolute Gasteiger partial charge is 0.472 e. The number of unbranched alkanes of at least 4 members (excludes halogenated alkanes) is 48. The fraction of sp³-hybridized carbons (Fsp3) is 0.949. The Morgan fingerprint density at radius 1 is 0.276 bits per heavy atom. The number of hydrogen-bond donors (Lipinski definition) is 3. The molecule has 17 nitrogen and oxygen atoms in total. The number of aliphatic hydroxyl groups excluding tert-OH is 1. The van der Waals surface area contributed by atoms with Gasteiger partial charge in [-0.05, 0) is 37.5 Å². The smallest absolute Gasteiger partial charge is 0.462 e. The molecule has 0 aliphatic heterocycles.